The highest BCUT2D eigenvalue weighted by atomic mass is 16.5. The molecule has 0 saturated heterocycles. The molecule has 0 aliphatic heterocycles. The second-order valence-corrected chi connectivity index (χ2v) is 2.61. The molecule has 13 heavy (non-hydrogen) atoms. The van der Waals surface area contributed by atoms with Crippen LogP contribution in [0.5, 0.6) is 5.75 Å². The minimum atomic E-state index is 0.629. The molecule has 0 aromatic heterocycles. The van der Waals surface area contributed by atoms with Gasteiger partial charge < -0.3 is 4.74 Å². The number of ether oxygens (including phenoxy) is 1. The molecule has 0 spiro atoms. The molecule has 1 rings (SSSR count). The molecule has 2 nitrogen and oxygen atoms in total. The third kappa shape index (κ3) is 3.11. The van der Waals surface area contributed by atoms with E-state index in [4.69, 9.17) is 4.74 Å². The van der Waals surface area contributed by atoms with Gasteiger partial charge in [0.1, 0.15) is 12.0 Å². The van der Waals surface area contributed by atoms with E-state index in [1.807, 2.05) is 0 Å². The van der Waals surface area contributed by atoms with E-state index in [0.717, 1.165) is 18.5 Å². The second kappa shape index (κ2) is 5.14. The summed E-state index contributed by atoms with van der Waals surface area (Å²) in [5.41, 5.74) is 0.663. The SMILES string of the molecule is C=CCCOc1ccc(C=O)cc1. The number of hydrogen-bond donors (Lipinski definition) is 0. The Morgan fingerprint density at radius 3 is 2.54 bits per heavy atom. The van der Waals surface area contributed by atoms with Crippen molar-refractivity contribution in [2.75, 3.05) is 6.61 Å². The maximum absolute atomic E-state index is 10.3. The van der Waals surface area contributed by atoms with Gasteiger partial charge in [-0.1, -0.05) is 6.08 Å². The average molecular weight is 176 g/mol. The fourth-order valence-corrected chi connectivity index (χ4v) is 0.903. The van der Waals surface area contributed by atoms with E-state index < -0.39 is 0 Å². The number of hydrogen-bond acceptors (Lipinski definition) is 2. The van der Waals surface area contributed by atoms with Gasteiger partial charge in [0, 0.05) is 5.56 Å². The Hall–Kier alpha value is -1.57. The van der Waals surface area contributed by atoms with Crippen LogP contribution >= 0.6 is 0 Å². The number of aldehydes is 1. The molecule has 1 aromatic rings. The molecule has 0 aliphatic carbocycles. The lowest BCUT2D eigenvalue weighted by Crippen LogP contribution is -1.95. The first-order valence-electron chi connectivity index (χ1n) is 4.16. The molecule has 0 fully saturated rings. The van der Waals surface area contributed by atoms with E-state index in [-0.39, 0.29) is 0 Å². The van der Waals surface area contributed by atoms with Gasteiger partial charge in [0.2, 0.25) is 0 Å². The van der Waals surface area contributed by atoms with Gasteiger partial charge >= 0.3 is 0 Å². The molecule has 0 atom stereocenters. The number of benzene rings is 1. The van der Waals surface area contributed by atoms with Crippen LogP contribution in [0, 0.1) is 0 Å². The summed E-state index contributed by atoms with van der Waals surface area (Å²) in [6, 6.07) is 7.03. The van der Waals surface area contributed by atoms with Crippen LogP contribution in [0.2, 0.25) is 0 Å². The Labute approximate surface area is 77.8 Å². The highest BCUT2D eigenvalue weighted by Crippen LogP contribution is 2.10. The number of carbonyl (C=O) groups is 1. The number of rotatable bonds is 5. The standard InChI is InChI=1S/C11H12O2/c1-2-3-8-13-11-6-4-10(9-12)5-7-11/h2,4-7,9H,1,3,8H2. The summed E-state index contributed by atoms with van der Waals surface area (Å²) in [7, 11) is 0. The van der Waals surface area contributed by atoms with Crippen LogP contribution in [0.1, 0.15) is 16.8 Å². The van der Waals surface area contributed by atoms with Crippen LogP contribution in [0.15, 0.2) is 36.9 Å². The van der Waals surface area contributed by atoms with Gasteiger partial charge in [0.25, 0.3) is 0 Å². The Bertz CT molecular complexity index is 275. The third-order valence-corrected chi connectivity index (χ3v) is 1.61. The topological polar surface area (TPSA) is 26.3 Å². The van der Waals surface area contributed by atoms with Gasteiger partial charge in [0.15, 0.2) is 0 Å². The van der Waals surface area contributed by atoms with E-state index in [1.54, 1.807) is 30.3 Å². The Morgan fingerprint density at radius 2 is 2.00 bits per heavy atom. The van der Waals surface area contributed by atoms with Gasteiger partial charge in [-0.25, -0.2) is 0 Å². The summed E-state index contributed by atoms with van der Waals surface area (Å²) in [4.78, 5) is 10.3. The van der Waals surface area contributed by atoms with Crippen LogP contribution in [-0.2, 0) is 0 Å². The lowest BCUT2D eigenvalue weighted by atomic mass is 10.2. The van der Waals surface area contributed by atoms with Gasteiger partial charge in [-0.15, -0.1) is 6.58 Å². The highest BCUT2D eigenvalue weighted by Gasteiger charge is 1.92. The van der Waals surface area contributed by atoms with Crippen molar-refractivity contribution in [3.63, 3.8) is 0 Å². The van der Waals surface area contributed by atoms with Gasteiger partial charge in [-0.05, 0) is 30.7 Å². The summed E-state index contributed by atoms with van der Waals surface area (Å²) in [6.45, 7) is 4.22. The summed E-state index contributed by atoms with van der Waals surface area (Å²) >= 11 is 0. The predicted molar refractivity (Wildman–Crippen MR) is 52.1 cm³/mol. The van der Waals surface area contributed by atoms with Crippen LogP contribution < -0.4 is 4.74 Å². The van der Waals surface area contributed by atoms with Crippen LogP contribution in [0.4, 0.5) is 0 Å². The fourth-order valence-electron chi connectivity index (χ4n) is 0.903. The van der Waals surface area contributed by atoms with E-state index in [9.17, 15) is 4.79 Å². The summed E-state index contributed by atoms with van der Waals surface area (Å²) in [5, 5.41) is 0. The molecule has 0 saturated carbocycles. The molecule has 0 aliphatic rings. The smallest absolute Gasteiger partial charge is 0.150 e. The zero-order valence-corrected chi connectivity index (χ0v) is 7.40. The largest absolute Gasteiger partial charge is 0.493 e. The maximum atomic E-state index is 10.3. The van der Waals surface area contributed by atoms with Crippen molar-refractivity contribution < 1.29 is 9.53 Å². The molecular weight excluding hydrogens is 164 g/mol. The summed E-state index contributed by atoms with van der Waals surface area (Å²) < 4.78 is 5.36. The lowest BCUT2D eigenvalue weighted by Gasteiger charge is -2.03. The Balaban J connectivity index is 2.48. The number of carbonyl (C=O) groups excluding carboxylic acids is 1. The van der Waals surface area contributed by atoms with Crippen LogP contribution in [-0.4, -0.2) is 12.9 Å². The van der Waals surface area contributed by atoms with E-state index in [2.05, 4.69) is 6.58 Å². The van der Waals surface area contributed by atoms with E-state index in [1.165, 1.54) is 0 Å². The lowest BCUT2D eigenvalue weighted by molar-refractivity contribution is 0.112. The van der Waals surface area contributed by atoms with Crippen molar-refractivity contribution in [3.8, 4) is 5.75 Å². The van der Waals surface area contributed by atoms with E-state index >= 15 is 0 Å². The highest BCUT2D eigenvalue weighted by molar-refractivity contribution is 5.74. The Kier molecular flexibility index (Phi) is 3.76. The molecule has 68 valence electrons. The minimum absolute atomic E-state index is 0.629. The summed E-state index contributed by atoms with van der Waals surface area (Å²) in [6.07, 6.45) is 3.45. The zero-order valence-electron chi connectivity index (χ0n) is 7.40. The van der Waals surface area contributed by atoms with Crippen molar-refractivity contribution in [2.45, 2.75) is 6.42 Å². The van der Waals surface area contributed by atoms with Gasteiger partial charge in [0.05, 0.1) is 6.61 Å². The van der Waals surface area contributed by atoms with Crippen molar-refractivity contribution in [1.82, 2.24) is 0 Å². The normalized spacial score (nSPS) is 9.23. The quantitative estimate of drug-likeness (QED) is 0.391. The minimum Gasteiger partial charge on any atom is -0.493 e. The first-order chi connectivity index (χ1) is 6.36. The van der Waals surface area contributed by atoms with Crippen LogP contribution in [0.3, 0.4) is 0 Å². The first-order valence-corrected chi connectivity index (χ1v) is 4.16. The fraction of sp³-hybridized carbons (Fsp3) is 0.182. The second-order valence-electron chi connectivity index (χ2n) is 2.61. The zero-order chi connectivity index (χ0) is 9.52. The van der Waals surface area contributed by atoms with Gasteiger partial charge in [-0.3, -0.25) is 4.79 Å². The molecule has 0 bridgehead atoms. The molecule has 0 heterocycles. The van der Waals surface area contributed by atoms with Crippen molar-refractivity contribution in [2.24, 2.45) is 0 Å². The molecular formula is C11H12O2. The van der Waals surface area contributed by atoms with E-state index in [0.29, 0.717) is 12.2 Å². The predicted octanol–water partition coefficient (Wildman–Crippen LogP) is 2.45. The molecule has 0 amide bonds. The van der Waals surface area contributed by atoms with Crippen molar-refractivity contribution in [1.29, 1.82) is 0 Å². The Morgan fingerprint density at radius 1 is 1.31 bits per heavy atom. The first kappa shape index (κ1) is 9.52. The average Bonchev–Trinajstić information content (AvgIpc) is 2.19. The molecule has 0 N–H and O–H groups in total. The molecule has 0 unspecified atom stereocenters. The van der Waals surface area contributed by atoms with Crippen molar-refractivity contribution >= 4 is 6.29 Å². The summed E-state index contributed by atoms with van der Waals surface area (Å²) in [5.74, 6) is 0.785. The molecule has 0 radical (unpaired) electrons. The molecule has 2 heteroatoms. The molecule has 1 aromatic carbocycles. The monoisotopic (exact) mass is 176 g/mol. The van der Waals surface area contributed by atoms with Crippen molar-refractivity contribution in [3.05, 3.63) is 42.5 Å². The van der Waals surface area contributed by atoms with Crippen LogP contribution in [0.25, 0.3) is 0 Å². The maximum Gasteiger partial charge on any atom is 0.150 e. The van der Waals surface area contributed by atoms with Gasteiger partial charge in [-0.2, -0.15) is 0 Å². The third-order valence-electron chi connectivity index (χ3n) is 1.61.